The molecule has 0 amide bonds. The molecular weight excluding hydrogens is 254 g/mol. The number of rotatable bonds is 5. The summed E-state index contributed by atoms with van der Waals surface area (Å²) in [5, 5.41) is 0. The Morgan fingerprint density at radius 2 is 2.05 bits per heavy atom. The van der Waals surface area contributed by atoms with Crippen molar-refractivity contribution in [2.75, 3.05) is 13.7 Å². The molecule has 0 aromatic heterocycles. The Hall–Kier alpha value is -1.55. The van der Waals surface area contributed by atoms with Gasteiger partial charge in [0.25, 0.3) is 0 Å². The number of methoxy groups -OCH3 is 1. The fourth-order valence-electron chi connectivity index (χ4n) is 2.67. The highest BCUT2D eigenvalue weighted by atomic mass is 16.5. The highest BCUT2D eigenvalue weighted by Crippen LogP contribution is 2.29. The highest BCUT2D eigenvalue weighted by molar-refractivity contribution is 5.72. The molecule has 4 nitrogen and oxygen atoms in total. The lowest BCUT2D eigenvalue weighted by Crippen LogP contribution is -2.26. The van der Waals surface area contributed by atoms with Gasteiger partial charge in [-0.3, -0.25) is 4.79 Å². The van der Waals surface area contributed by atoms with Crippen molar-refractivity contribution in [3.05, 3.63) is 29.8 Å². The molecule has 0 heterocycles. The molecule has 2 N–H and O–H groups in total. The summed E-state index contributed by atoms with van der Waals surface area (Å²) in [6.07, 6.45) is 3.88. The molecule has 0 spiro atoms. The van der Waals surface area contributed by atoms with E-state index in [0.717, 1.165) is 43.5 Å². The van der Waals surface area contributed by atoms with E-state index in [9.17, 15) is 4.79 Å². The summed E-state index contributed by atoms with van der Waals surface area (Å²) in [5.41, 5.74) is 6.61. The lowest BCUT2D eigenvalue weighted by atomic mass is 9.82. The maximum absolute atomic E-state index is 12.0. The van der Waals surface area contributed by atoms with Crippen molar-refractivity contribution < 1.29 is 14.3 Å². The first-order valence-electron chi connectivity index (χ1n) is 7.22. The summed E-state index contributed by atoms with van der Waals surface area (Å²) in [4.78, 5) is 12.0. The zero-order chi connectivity index (χ0) is 14.4. The van der Waals surface area contributed by atoms with Gasteiger partial charge in [0.1, 0.15) is 12.4 Å². The smallest absolute Gasteiger partial charge is 0.309 e. The Morgan fingerprint density at radius 3 is 2.70 bits per heavy atom. The lowest BCUT2D eigenvalue weighted by Gasteiger charge is -2.26. The van der Waals surface area contributed by atoms with E-state index in [1.807, 2.05) is 24.3 Å². The van der Waals surface area contributed by atoms with Gasteiger partial charge in [-0.05, 0) is 55.8 Å². The number of benzene rings is 1. The molecule has 0 bridgehead atoms. The first-order chi connectivity index (χ1) is 9.72. The van der Waals surface area contributed by atoms with Gasteiger partial charge in [-0.25, -0.2) is 0 Å². The summed E-state index contributed by atoms with van der Waals surface area (Å²) in [6, 6.07) is 7.59. The molecule has 2 rings (SSSR count). The maximum atomic E-state index is 12.0. The predicted molar refractivity (Wildman–Crippen MR) is 77.3 cm³/mol. The summed E-state index contributed by atoms with van der Waals surface area (Å²) in [6.45, 7) is 1.04. The molecule has 1 aromatic rings. The minimum Gasteiger partial charge on any atom is -0.497 e. The molecule has 20 heavy (non-hydrogen) atoms. The molecule has 1 aliphatic carbocycles. The van der Waals surface area contributed by atoms with Crippen LogP contribution in [0.2, 0.25) is 0 Å². The number of ether oxygens (including phenoxy) is 2. The van der Waals surface area contributed by atoms with Crippen molar-refractivity contribution >= 4 is 5.97 Å². The second-order valence-electron chi connectivity index (χ2n) is 5.41. The van der Waals surface area contributed by atoms with Crippen LogP contribution in [0.3, 0.4) is 0 Å². The Bertz CT molecular complexity index is 439. The monoisotopic (exact) mass is 277 g/mol. The molecule has 1 aromatic carbocycles. The third kappa shape index (κ3) is 3.97. The second-order valence-corrected chi connectivity index (χ2v) is 5.41. The van der Waals surface area contributed by atoms with E-state index in [-0.39, 0.29) is 11.9 Å². The first kappa shape index (κ1) is 14.9. The summed E-state index contributed by atoms with van der Waals surface area (Å²) in [5.74, 6) is 1.33. The highest BCUT2D eigenvalue weighted by Gasteiger charge is 2.26. The second kappa shape index (κ2) is 7.29. The number of carbonyl (C=O) groups excluding carboxylic acids is 1. The Labute approximate surface area is 120 Å². The van der Waals surface area contributed by atoms with E-state index in [2.05, 4.69) is 0 Å². The van der Waals surface area contributed by atoms with E-state index in [1.165, 1.54) is 0 Å². The number of esters is 1. The van der Waals surface area contributed by atoms with Crippen LogP contribution in [0, 0.1) is 11.8 Å². The van der Waals surface area contributed by atoms with E-state index in [1.54, 1.807) is 7.11 Å². The van der Waals surface area contributed by atoms with Gasteiger partial charge < -0.3 is 15.2 Å². The van der Waals surface area contributed by atoms with Crippen LogP contribution in [0.25, 0.3) is 0 Å². The van der Waals surface area contributed by atoms with Gasteiger partial charge in [-0.1, -0.05) is 12.1 Å². The average Bonchev–Trinajstić information content (AvgIpc) is 2.53. The van der Waals surface area contributed by atoms with Crippen LogP contribution < -0.4 is 10.5 Å². The summed E-state index contributed by atoms with van der Waals surface area (Å²) >= 11 is 0. The molecule has 1 saturated carbocycles. The van der Waals surface area contributed by atoms with Crippen LogP contribution in [0.15, 0.2) is 24.3 Å². The van der Waals surface area contributed by atoms with E-state index >= 15 is 0 Å². The van der Waals surface area contributed by atoms with Crippen molar-refractivity contribution in [2.24, 2.45) is 17.6 Å². The van der Waals surface area contributed by atoms with Crippen LogP contribution in [0.1, 0.15) is 31.2 Å². The fourth-order valence-corrected chi connectivity index (χ4v) is 2.67. The third-order valence-electron chi connectivity index (χ3n) is 4.03. The molecule has 1 aliphatic rings. The zero-order valence-corrected chi connectivity index (χ0v) is 12.0. The number of nitrogens with two attached hydrogens (primary N) is 1. The minimum absolute atomic E-state index is 0.0448. The Balaban J connectivity index is 1.80. The van der Waals surface area contributed by atoms with Crippen molar-refractivity contribution in [3.63, 3.8) is 0 Å². The van der Waals surface area contributed by atoms with Crippen LogP contribution in [0.4, 0.5) is 0 Å². The Morgan fingerprint density at radius 1 is 1.30 bits per heavy atom. The first-order valence-corrected chi connectivity index (χ1v) is 7.22. The van der Waals surface area contributed by atoms with Crippen LogP contribution in [0.5, 0.6) is 5.75 Å². The summed E-state index contributed by atoms with van der Waals surface area (Å²) < 4.78 is 10.6. The standard InChI is InChI=1S/C16H23NO3/c1-19-15-4-2-3-13(9-15)11-20-16(18)14-7-5-12(10-17)6-8-14/h2-4,9,12,14H,5-8,10-11,17H2,1H3. The zero-order valence-electron chi connectivity index (χ0n) is 12.0. The minimum atomic E-state index is -0.0803. The molecule has 0 unspecified atom stereocenters. The van der Waals surface area contributed by atoms with Gasteiger partial charge in [0.15, 0.2) is 0 Å². The number of carbonyl (C=O) groups is 1. The molecule has 110 valence electrons. The van der Waals surface area contributed by atoms with Gasteiger partial charge in [-0.15, -0.1) is 0 Å². The van der Waals surface area contributed by atoms with E-state index in [0.29, 0.717) is 12.5 Å². The molecule has 0 aliphatic heterocycles. The molecule has 4 heteroatoms. The van der Waals surface area contributed by atoms with Crippen molar-refractivity contribution in [1.82, 2.24) is 0 Å². The maximum Gasteiger partial charge on any atom is 0.309 e. The van der Waals surface area contributed by atoms with E-state index in [4.69, 9.17) is 15.2 Å². The fraction of sp³-hybridized carbons (Fsp3) is 0.562. The van der Waals surface area contributed by atoms with Crippen LogP contribution in [-0.4, -0.2) is 19.6 Å². The normalized spacial score (nSPS) is 22.3. The largest absolute Gasteiger partial charge is 0.497 e. The predicted octanol–water partition coefficient (Wildman–Crippen LogP) is 2.50. The van der Waals surface area contributed by atoms with Gasteiger partial charge in [-0.2, -0.15) is 0 Å². The molecule has 0 radical (unpaired) electrons. The SMILES string of the molecule is COc1cccc(COC(=O)C2CCC(CN)CC2)c1. The van der Waals surface area contributed by atoms with Crippen LogP contribution >= 0.6 is 0 Å². The van der Waals surface area contributed by atoms with Gasteiger partial charge >= 0.3 is 5.97 Å². The molecule has 1 fully saturated rings. The molecule has 0 saturated heterocycles. The van der Waals surface area contributed by atoms with Crippen molar-refractivity contribution in [2.45, 2.75) is 32.3 Å². The Kier molecular flexibility index (Phi) is 5.41. The lowest BCUT2D eigenvalue weighted by molar-refractivity contribution is -0.151. The average molecular weight is 277 g/mol. The third-order valence-corrected chi connectivity index (χ3v) is 4.03. The van der Waals surface area contributed by atoms with E-state index < -0.39 is 0 Å². The topological polar surface area (TPSA) is 61.5 Å². The molecule has 0 atom stereocenters. The number of hydrogen-bond acceptors (Lipinski definition) is 4. The van der Waals surface area contributed by atoms with Crippen molar-refractivity contribution in [1.29, 1.82) is 0 Å². The number of hydrogen-bond donors (Lipinski definition) is 1. The van der Waals surface area contributed by atoms with Gasteiger partial charge in [0.05, 0.1) is 13.0 Å². The van der Waals surface area contributed by atoms with Gasteiger partial charge in [0.2, 0.25) is 0 Å². The van der Waals surface area contributed by atoms with Gasteiger partial charge in [0, 0.05) is 0 Å². The summed E-state index contributed by atoms with van der Waals surface area (Å²) in [7, 11) is 1.63. The van der Waals surface area contributed by atoms with Crippen LogP contribution in [-0.2, 0) is 16.1 Å². The van der Waals surface area contributed by atoms with Crippen molar-refractivity contribution in [3.8, 4) is 5.75 Å². The quantitative estimate of drug-likeness (QED) is 0.840. The molecular formula is C16H23NO3.